The molecule has 0 spiro atoms. The molecule has 0 radical (unpaired) electrons. The van der Waals surface area contributed by atoms with Crippen LogP contribution in [-0.4, -0.2) is 13.0 Å². The standard InChI is InChI=1S/C17H19F2N/c1-2-12-20-16(17(18)19)15-10-8-14(9-11-15)13-6-4-3-5-7-13/h3-11,16-17,20H,2,12H2,1H3. The van der Waals surface area contributed by atoms with Gasteiger partial charge in [0.2, 0.25) is 0 Å². The third-order valence-corrected chi connectivity index (χ3v) is 3.24. The van der Waals surface area contributed by atoms with Gasteiger partial charge in [-0.05, 0) is 29.7 Å². The lowest BCUT2D eigenvalue weighted by atomic mass is 10.0. The number of benzene rings is 2. The Hall–Kier alpha value is -1.74. The summed E-state index contributed by atoms with van der Waals surface area (Å²) in [6, 6.07) is 16.4. The van der Waals surface area contributed by atoms with Crippen LogP contribution in [0.3, 0.4) is 0 Å². The molecule has 0 saturated heterocycles. The van der Waals surface area contributed by atoms with Crippen molar-refractivity contribution in [3.05, 3.63) is 60.2 Å². The van der Waals surface area contributed by atoms with Gasteiger partial charge < -0.3 is 5.32 Å². The molecular formula is C17H19F2N. The van der Waals surface area contributed by atoms with E-state index in [9.17, 15) is 8.78 Å². The van der Waals surface area contributed by atoms with E-state index in [-0.39, 0.29) is 0 Å². The molecule has 0 aliphatic rings. The van der Waals surface area contributed by atoms with Crippen LogP contribution in [0.1, 0.15) is 24.9 Å². The average molecular weight is 275 g/mol. The molecule has 0 amide bonds. The van der Waals surface area contributed by atoms with Crippen molar-refractivity contribution in [1.29, 1.82) is 0 Å². The van der Waals surface area contributed by atoms with Gasteiger partial charge in [-0.2, -0.15) is 0 Å². The molecular weight excluding hydrogens is 256 g/mol. The monoisotopic (exact) mass is 275 g/mol. The Labute approximate surface area is 118 Å². The normalized spacial score (nSPS) is 12.6. The maximum Gasteiger partial charge on any atom is 0.257 e. The quantitative estimate of drug-likeness (QED) is 0.808. The first-order chi connectivity index (χ1) is 9.72. The molecule has 0 saturated carbocycles. The molecule has 1 nitrogen and oxygen atoms in total. The van der Waals surface area contributed by atoms with E-state index in [1.807, 2.05) is 49.4 Å². The van der Waals surface area contributed by atoms with Crippen LogP contribution in [0, 0.1) is 0 Å². The van der Waals surface area contributed by atoms with Crippen molar-refractivity contribution in [1.82, 2.24) is 5.32 Å². The Balaban J connectivity index is 2.18. The van der Waals surface area contributed by atoms with Gasteiger partial charge in [-0.15, -0.1) is 0 Å². The minimum Gasteiger partial charge on any atom is -0.305 e. The Morgan fingerprint density at radius 3 is 2.05 bits per heavy atom. The second-order valence-electron chi connectivity index (χ2n) is 4.75. The highest BCUT2D eigenvalue weighted by molar-refractivity contribution is 5.63. The summed E-state index contributed by atoms with van der Waals surface area (Å²) in [6.07, 6.45) is -1.56. The lowest BCUT2D eigenvalue weighted by Crippen LogP contribution is -2.27. The highest BCUT2D eigenvalue weighted by Gasteiger charge is 2.21. The van der Waals surface area contributed by atoms with Gasteiger partial charge in [0.25, 0.3) is 6.43 Å². The molecule has 20 heavy (non-hydrogen) atoms. The van der Waals surface area contributed by atoms with Gasteiger partial charge in [0, 0.05) is 0 Å². The maximum absolute atomic E-state index is 13.1. The van der Waals surface area contributed by atoms with Crippen molar-refractivity contribution in [3.8, 4) is 11.1 Å². The van der Waals surface area contributed by atoms with Crippen LogP contribution in [0.25, 0.3) is 11.1 Å². The summed E-state index contributed by atoms with van der Waals surface area (Å²) in [6.45, 7) is 2.56. The van der Waals surface area contributed by atoms with Crippen molar-refractivity contribution in [2.24, 2.45) is 0 Å². The van der Waals surface area contributed by atoms with E-state index in [2.05, 4.69) is 5.32 Å². The molecule has 0 aliphatic carbocycles. The maximum atomic E-state index is 13.1. The highest BCUT2D eigenvalue weighted by atomic mass is 19.3. The molecule has 0 aliphatic heterocycles. The van der Waals surface area contributed by atoms with E-state index in [0.29, 0.717) is 12.1 Å². The fraction of sp³-hybridized carbons (Fsp3) is 0.294. The van der Waals surface area contributed by atoms with Gasteiger partial charge in [0.1, 0.15) is 0 Å². The second kappa shape index (κ2) is 7.15. The summed E-state index contributed by atoms with van der Waals surface area (Å²) in [5.41, 5.74) is 2.76. The summed E-state index contributed by atoms with van der Waals surface area (Å²) in [7, 11) is 0. The van der Waals surface area contributed by atoms with E-state index < -0.39 is 12.5 Å². The average Bonchev–Trinajstić information content (AvgIpc) is 2.49. The molecule has 0 aromatic heterocycles. The van der Waals surface area contributed by atoms with Crippen molar-refractivity contribution >= 4 is 0 Å². The minimum atomic E-state index is -2.40. The third kappa shape index (κ3) is 3.64. The molecule has 106 valence electrons. The first-order valence-electron chi connectivity index (χ1n) is 6.89. The van der Waals surface area contributed by atoms with Crippen LogP contribution in [-0.2, 0) is 0 Å². The smallest absolute Gasteiger partial charge is 0.257 e. The molecule has 0 bridgehead atoms. The number of hydrogen-bond acceptors (Lipinski definition) is 1. The van der Waals surface area contributed by atoms with Gasteiger partial charge in [-0.1, -0.05) is 61.5 Å². The first-order valence-corrected chi connectivity index (χ1v) is 6.89. The largest absolute Gasteiger partial charge is 0.305 e. The van der Waals surface area contributed by atoms with Crippen molar-refractivity contribution in [2.75, 3.05) is 6.54 Å². The summed E-state index contributed by atoms with van der Waals surface area (Å²) in [5, 5.41) is 2.89. The predicted octanol–water partition coefficient (Wildman–Crippen LogP) is 4.66. The summed E-state index contributed by atoms with van der Waals surface area (Å²) in [5.74, 6) is 0. The molecule has 2 aromatic carbocycles. The van der Waals surface area contributed by atoms with Crippen LogP contribution in [0.5, 0.6) is 0 Å². The van der Waals surface area contributed by atoms with Crippen LogP contribution < -0.4 is 5.32 Å². The van der Waals surface area contributed by atoms with E-state index in [1.54, 1.807) is 12.1 Å². The Morgan fingerprint density at radius 1 is 0.900 bits per heavy atom. The number of rotatable bonds is 6. The van der Waals surface area contributed by atoms with Crippen molar-refractivity contribution in [2.45, 2.75) is 25.8 Å². The zero-order valence-electron chi connectivity index (χ0n) is 11.5. The lowest BCUT2D eigenvalue weighted by molar-refractivity contribution is 0.0985. The number of nitrogens with one attached hydrogen (secondary N) is 1. The molecule has 0 fully saturated rings. The van der Waals surface area contributed by atoms with Crippen LogP contribution >= 0.6 is 0 Å². The summed E-state index contributed by atoms with van der Waals surface area (Å²) < 4.78 is 26.1. The second-order valence-corrected chi connectivity index (χ2v) is 4.75. The van der Waals surface area contributed by atoms with E-state index in [0.717, 1.165) is 17.5 Å². The van der Waals surface area contributed by atoms with Crippen LogP contribution in [0.15, 0.2) is 54.6 Å². The molecule has 0 heterocycles. The fourth-order valence-electron chi connectivity index (χ4n) is 2.17. The fourth-order valence-corrected chi connectivity index (χ4v) is 2.17. The number of alkyl halides is 2. The summed E-state index contributed by atoms with van der Waals surface area (Å²) >= 11 is 0. The molecule has 1 N–H and O–H groups in total. The lowest BCUT2D eigenvalue weighted by Gasteiger charge is -2.18. The molecule has 3 heteroatoms. The summed E-state index contributed by atoms with van der Waals surface area (Å²) in [4.78, 5) is 0. The van der Waals surface area contributed by atoms with Gasteiger partial charge >= 0.3 is 0 Å². The number of halogens is 2. The topological polar surface area (TPSA) is 12.0 Å². The van der Waals surface area contributed by atoms with Gasteiger partial charge in [0.15, 0.2) is 0 Å². The van der Waals surface area contributed by atoms with E-state index >= 15 is 0 Å². The van der Waals surface area contributed by atoms with Crippen molar-refractivity contribution in [3.63, 3.8) is 0 Å². The first kappa shape index (κ1) is 14.7. The van der Waals surface area contributed by atoms with E-state index in [1.165, 1.54) is 0 Å². The minimum absolute atomic E-state index is 0.593. The molecule has 2 rings (SSSR count). The highest BCUT2D eigenvalue weighted by Crippen LogP contribution is 2.25. The zero-order valence-corrected chi connectivity index (χ0v) is 11.5. The predicted molar refractivity (Wildman–Crippen MR) is 78.9 cm³/mol. The Kier molecular flexibility index (Phi) is 5.24. The molecule has 1 atom stereocenters. The van der Waals surface area contributed by atoms with Crippen LogP contribution in [0.4, 0.5) is 8.78 Å². The Bertz CT molecular complexity index is 508. The Morgan fingerprint density at radius 2 is 1.50 bits per heavy atom. The SMILES string of the molecule is CCCNC(c1ccc(-c2ccccc2)cc1)C(F)F. The van der Waals surface area contributed by atoms with Gasteiger partial charge in [-0.25, -0.2) is 8.78 Å². The molecule has 1 unspecified atom stereocenters. The van der Waals surface area contributed by atoms with Crippen molar-refractivity contribution < 1.29 is 8.78 Å². The van der Waals surface area contributed by atoms with E-state index in [4.69, 9.17) is 0 Å². The number of hydrogen-bond donors (Lipinski definition) is 1. The molecule has 2 aromatic rings. The third-order valence-electron chi connectivity index (χ3n) is 3.24. The van der Waals surface area contributed by atoms with Crippen LogP contribution in [0.2, 0.25) is 0 Å². The van der Waals surface area contributed by atoms with Gasteiger partial charge in [0.05, 0.1) is 6.04 Å². The zero-order chi connectivity index (χ0) is 14.4. The van der Waals surface area contributed by atoms with Gasteiger partial charge in [-0.3, -0.25) is 0 Å².